The Morgan fingerprint density at radius 3 is 2.18 bits per heavy atom. The van der Waals surface area contributed by atoms with Gasteiger partial charge in [0, 0.05) is 12.6 Å². The van der Waals surface area contributed by atoms with Crippen molar-refractivity contribution in [3.8, 4) is 0 Å². The van der Waals surface area contributed by atoms with Crippen LogP contribution in [0.4, 0.5) is 0 Å². The minimum absolute atomic E-state index is 0.654. The average Bonchev–Trinajstić information content (AvgIpc) is 2.89. The molecule has 0 bridgehead atoms. The first-order valence-electron chi connectivity index (χ1n) is 7.42. The highest BCUT2D eigenvalue weighted by Gasteiger charge is 2.21. The SMILES string of the molecule is C/C=C(/CN1CCCC1)C(C)N1CCCCC1. The Morgan fingerprint density at radius 2 is 1.59 bits per heavy atom. The second kappa shape index (κ2) is 6.55. The second-order valence-electron chi connectivity index (χ2n) is 5.62. The summed E-state index contributed by atoms with van der Waals surface area (Å²) >= 11 is 0. The lowest BCUT2D eigenvalue weighted by molar-refractivity contribution is 0.186. The fourth-order valence-corrected chi connectivity index (χ4v) is 3.20. The normalized spacial score (nSPS) is 26.4. The lowest BCUT2D eigenvalue weighted by Crippen LogP contribution is -2.41. The van der Waals surface area contributed by atoms with Crippen LogP contribution < -0.4 is 0 Å². The lowest BCUT2D eigenvalue weighted by atomic mass is 10.0. The highest BCUT2D eigenvalue weighted by Crippen LogP contribution is 2.19. The summed E-state index contributed by atoms with van der Waals surface area (Å²) in [6.45, 7) is 11.0. The van der Waals surface area contributed by atoms with E-state index in [0.717, 1.165) is 0 Å². The Bertz CT molecular complexity index is 248. The van der Waals surface area contributed by atoms with Crippen LogP contribution in [0, 0.1) is 0 Å². The van der Waals surface area contributed by atoms with Crippen LogP contribution in [-0.4, -0.2) is 48.6 Å². The zero-order valence-electron chi connectivity index (χ0n) is 11.6. The molecular formula is C15H28N2. The molecule has 17 heavy (non-hydrogen) atoms. The summed E-state index contributed by atoms with van der Waals surface area (Å²) in [5.74, 6) is 0. The summed E-state index contributed by atoms with van der Waals surface area (Å²) in [5, 5.41) is 0. The van der Waals surface area contributed by atoms with Gasteiger partial charge in [-0.15, -0.1) is 0 Å². The van der Waals surface area contributed by atoms with Crippen LogP contribution in [0.5, 0.6) is 0 Å². The molecule has 0 radical (unpaired) electrons. The average molecular weight is 236 g/mol. The zero-order valence-corrected chi connectivity index (χ0v) is 11.6. The third-order valence-electron chi connectivity index (χ3n) is 4.45. The molecule has 2 aliphatic heterocycles. The van der Waals surface area contributed by atoms with Gasteiger partial charge in [0.15, 0.2) is 0 Å². The van der Waals surface area contributed by atoms with E-state index in [1.807, 2.05) is 0 Å². The molecule has 2 rings (SSSR count). The molecule has 2 heterocycles. The molecule has 2 aliphatic rings. The largest absolute Gasteiger partial charge is 0.299 e. The summed E-state index contributed by atoms with van der Waals surface area (Å²) < 4.78 is 0. The van der Waals surface area contributed by atoms with Gasteiger partial charge < -0.3 is 0 Å². The van der Waals surface area contributed by atoms with Crippen molar-refractivity contribution in [2.45, 2.75) is 52.0 Å². The third-order valence-corrected chi connectivity index (χ3v) is 4.45. The highest BCUT2D eigenvalue weighted by molar-refractivity contribution is 5.12. The molecule has 0 aliphatic carbocycles. The third kappa shape index (κ3) is 3.56. The van der Waals surface area contributed by atoms with Crippen molar-refractivity contribution < 1.29 is 0 Å². The van der Waals surface area contributed by atoms with Gasteiger partial charge in [-0.05, 0) is 71.3 Å². The van der Waals surface area contributed by atoms with Gasteiger partial charge in [-0.2, -0.15) is 0 Å². The number of nitrogens with zero attached hydrogens (tertiary/aromatic N) is 2. The number of hydrogen-bond acceptors (Lipinski definition) is 2. The van der Waals surface area contributed by atoms with Crippen molar-refractivity contribution in [3.63, 3.8) is 0 Å². The van der Waals surface area contributed by atoms with Crippen LogP contribution in [0.3, 0.4) is 0 Å². The van der Waals surface area contributed by atoms with Crippen molar-refractivity contribution >= 4 is 0 Å². The predicted octanol–water partition coefficient (Wildman–Crippen LogP) is 2.90. The lowest BCUT2D eigenvalue weighted by Gasteiger charge is -2.35. The summed E-state index contributed by atoms with van der Waals surface area (Å²) in [7, 11) is 0. The van der Waals surface area contributed by atoms with Gasteiger partial charge in [-0.3, -0.25) is 9.80 Å². The monoisotopic (exact) mass is 236 g/mol. The van der Waals surface area contributed by atoms with Crippen molar-refractivity contribution in [2.75, 3.05) is 32.7 Å². The highest BCUT2D eigenvalue weighted by atomic mass is 15.2. The Morgan fingerprint density at radius 1 is 1.00 bits per heavy atom. The molecule has 0 spiro atoms. The maximum absolute atomic E-state index is 2.68. The van der Waals surface area contributed by atoms with Gasteiger partial charge in [0.2, 0.25) is 0 Å². The van der Waals surface area contributed by atoms with E-state index in [9.17, 15) is 0 Å². The van der Waals surface area contributed by atoms with Gasteiger partial charge in [0.25, 0.3) is 0 Å². The van der Waals surface area contributed by atoms with Crippen LogP contribution in [0.1, 0.15) is 46.0 Å². The van der Waals surface area contributed by atoms with E-state index in [0.29, 0.717) is 6.04 Å². The second-order valence-corrected chi connectivity index (χ2v) is 5.62. The summed E-state index contributed by atoms with van der Waals surface area (Å²) in [4.78, 5) is 5.30. The Kier molecular flexibility index (Phi) is 5.05. The number of likely N-dealkylation sites (tertiary alicyclic amines) is 2. The van der Waals surface area contributed by atoms with Crippen molar-refractivity contribution in [1.82, 2.24) is 9.80 Å². The number of hydrogen-bond donors (Lipinski definition) is 0. The van der Waals surface area contributed by atoms with E-state index in [4.69, 9.17) is 0 Å². The maximum Gasteiger partial charge on any atom is 0.0291 e. The van der Waals surface area contributed by atoms with Crippen molar-refractivity contribution in [1.29, 1.82) is 0 Å². The molecule has 2 saturated heterocycles. The van der Waals surface area contributed by atoms with Crippen LogP contribution in [0.2, 0.25) is 0 Å². The van der Waals surface area contributed by atoms with E-state index in [1.165, 1.54) is 64.8 Å². The van der Waals surface area contributed by atoms with Gasteiger partial charge in [-0.25, -0.2) is 0 Å². The van der Waals surface area contributed by atoms with Gasteiger partial charge in [0.1, 0.15) is 0 Å². The molecule has 0 aromatic heterocycles. The Balaban J connectivity index is 1.87. The smallest absolute Gasteiger partial charge is 0.0291 e. The molecule has 1 unspecified atom stereocenters. The van der Waals surface area contributed by atoms with Gasteiger partial charge in [0.05, 0.1) is 0 Å². The zero-order chi connectivity index (χ0) is 12.1. The molecule has 98 valence electrons. The van der Waals surface area contributed by atoms with Gasteiger partial charge in [-0.1, -0.05) is 12.5 Å². The molecule has 0 saturated carbocycles. The van der Waals surface area contributed by atoms with Crippen LogP contribution in [-0.2, 0) is 0 Å². The maximum atomic E-state index is 2.68. The summed E-state index contributed by atoms with van der Waals surface area (Å²) in [5.41, 5.74) is 1.63. The van der Waals surface area contributed by atoms with E-state index in [1.54, 1.807) is 5.57 Å². The summed E-state index contributed by atoms with van der Waals surface area (Å²) in [6.07, 6.45) is 9.37. The van der Waals surface area contributed by atoms with E-state index >= 15 is 0 Å². The number of rotatable bonds is 4. The Hall–Kier alpha value is -0.340. The number of piperidine rings is 1. The fraction of sp³-hybridized carbons (Fsp3) is 0.867. The molecular weight excluding hydrogens is 208 g/mol. The fourth-order valence-electron chi connectivity index (χ4n) is 3.20. The van der Waals surface area contributed by atoms with E-state index in [-0.39, 0.29) is 0 Å². The number of allylic oxidation sites excluding steroid dienone is 1. The first kappa shape index (κ1) is 13.1. The van der Waals surface area contributed by atoms with E-state index < -0.39 is 0 Å². The molecule has 0 N–H and O–H groups in total. The Labute approximate surface area is 107 Å². The first-order valence-corrected chi connectivity index (χ1v) is 7.42. The molecule has 2 heteroatoms. The van der Waals surface area contributed by atoms with Crippen molar-refractivity contribution in [3.05, 3.63) is 11.6 Å². The van der Waals surface area contributed by atoms with Crippen LogP contribution >= 0.6 is 0 Å². The minimum Gasteiger partial charge on any atom is -0.299 e. The minimum atomic E-state index is 0.654. The quantitative estimate of drug-likeness (QED) is 0.693. The predicted molar refractivity (Wildman–Crippen MR) is 74.3 cm³/mol. The summed E-state index contributed by atoms with van der Waals surface area (Å²) in [6, 6.07) is 0.654. The van der Waals surface area contributed by atoms with Crippen LogP contribution in [0.25, 0.3) is 0 Å². The molecule has 2 fully saturated rings. The molecule has 0 aromatic rings. The van der Waals surface area contributed by atoms with Gasteiger partial charge >= 0.3 is 0 Å². The first-order chi connectivity index (χ1) is 8.31. The molecule has 2 nitrogen and oxygen atoms in total. The molecule has 1 atom stereocenters. The topological polar surface area (TPSA) is 6.48 Å². The van der Waals surface area contributed by atoms with Crippen molar-refractivity contribution in [2.24, 2.45) is 0 Å². The molecule has 0 amide bonds. The standard InChI is InChI=1S/C15H28N2/c1-3-15(13-16-9-7-8-10-16)14(2)17-11-5-4-6-12-17/h3,14H,4-13H2,1-2H3/b15-3-. The molecule has 0 aromatic carbocycles. The van der Waals surface area contributed by atoms with Crippen LogP contribution in [0.15, 0.2) is 11.6 Å². The van der Waals surface area contributed by atoms with E-state index in [2.05, 4.69) is 29.7 Å².